The van der Waals surface area contributed by atoms with Gasteiger partial charge in [0.1, 0.15) is 6.61 Å². The molecule has 0 fully saturated rings. The van der Waals surface area contributed by atoms with E-state index in [0.717, 1.165) is 0 Å². The summed E-state index contributed by atoms with van der Waals surface area (Å²) in [6, 6.07) is 1.42. The molecular formula is C12H10F2N2O3. The first-order valence-electron chi connectivity index (χ1n) is 5.29. The van der Waals surface area contributed by atoms with Crippen LogP contribution in [0.5, 0.6) is 5.75 Å². The summed E-state index contributed by atoms with van der Waals surface area (Å²) in [5.74, 6) is -4.12. The van der Waals surface area contributed by atoms with Gasteiger partial charge in [0.25, 0.3) is 0 Å². The van der Waals surface area contributed by atoms with Crippen molar-refractivity contribution in [2.45, 2.75) is 6.61 Å². The highest BCUT2D eigenvalue weighted by Crippen LogP contribution is 2.24. The Morgan fingerprint density at radius 1 is 1.42 bits per heavy atom. The van der Waals surface area contributed by atoms with Gasteiger partial charge in [0.05, 0.1) is 23.8 Å². The molecule has 5 nitrogen and oxygen atoms in total. The van der Waals surface area contributed by atoms with E-state index in [1.807, 2.05) is 0 Å². The number of aryl methyl sites for hydroxylation is 1. The van der Waals surface area contributed by atoms with Crippen LogP contribution in [0.3, 0.4) is 0 Å². The molecule has 7 heteroatoms. The lowest BCUT2D eigenvalue weighted by Gasteiger charge is -2.09. The molecule has 0 aliphatic rings. The number of nitrogens with zero attached hydrogens (tertiary/aromatic N) is 2. The number of ether oxygens (including phenoxy) is 1. The lowest BCUT2D eigenvalue weighted by Crippen LogP contribution is -2.06. The quantitative estimate of drug-likeness (QED) is 0.920. The largest absolute Gasteiger partial charge is 0.481 e. The van der Waals surface area contributed by atoms with Crippen LogP contribution >= 0.6 is 0 Å². The van der Waals surface area contributed by atoms with Gasteiger partial charge in [0, 0.05) is 7.05 Å². The fourth-order valence-electron chi connectivity index (χ4n) is 1.49. The number of hydrogen-bond donors (Lipinski definition) is 1. The van der Waals surface area contributed by atoms with E-state index in [1.54, 1.807) is 11.6 Å². The number of rotatable bonds is 4. The predicted octanol–water partition coefficient (Wildman–Crippen LogP) is 1.98. The Bertz CT molecular complexity index is 602. The zero-order valence-electron chi connectivity index (χ0n) is 9.93. The van der Waals surface area contributed by atoms with Crippen molar-refractivity contribution in [2.24, 2.45) is 7.05 Å². The molecule has 0 radical (unpaired) electrons. The molecule has 1 aromatic carbocycles. The molecule has 2 rings (SSSR count). The minimum absolute atomic E-state index is 0.0727. The summed E-state index contributed by atoms with van der Waals surface area (Å²) in [6.07, 6.45) is 3.03. The van der Waals surface area contributed by atoms with Gasteiger partial charge in [0.2, 0.25) is 0 Å². The third-order valence-electron chi connectivity index (χ3n) is 2.53. The number of aromatic carboxylic acids is 1. The molecule has 0 aliphatic carbocycles. The fourth-order valence-corrected chi connectivity index (χ4v) is 1.49. The SMILES string of the molecule is Cn1cncc1COc1c(F)cc(C(=O)O)cc1F. The molecule has 0 aliphatic heterocycles. The highest BCUT2D eigenvalue weighted by molar-refractivity contribution is 5.87. The van der Waals surface area contributed by atoms with Crippen molar-refractivity contribution in [2.75, 3.05) is 0 Å². The molecule has 0 atom stereocenters. The van der Waals surface area contributed by atoms with Crippen molar-refractivity contribution in [3.63, 3.8) is 0 Å². The van der Waals surface area contributed by atoms with Gasteiger partial charge < -0.3 is 14.4 Å². The van der Waals surface area contributed by atoms with Crippen molar-refractivity contribution in [3.05, 3.63) is 47.5 Å². The van der Waals surface area contributed by atoms with Gasteiger partial charge in [-0.3, -0.25) is 0 Å². The van der Waals surface area contributed by atoms with E-state index < -0.39 is 28.9 Å². The highest BCUT2D eigenvalue weighted by Gasteiger charge is 2.16. The van der Waals surface area contributed by atoms with E-state index in [2.05, 4.69) is 4.98 Å². The van der Waals surface area contributed by atoms with Crippen LogP contribution < -0.4 is 4.74 Å². The zero-order valence-corrected chi connectivity index (χ0v) is 9.93. The van der Waals surface area contributed by atoms with Gasteiger partial charge in [-0.2, -0.15) is 0 Å². The molecule has 1 heterocycles. The van der Waals surface area contributed by atoms with Crippen molar-refractivity contribution >= 4 is 5.97 Å². The first-order chi connectivity index (χ1) is 8.99. The van der Waals surface area contributed by atoms with E-state index in [4.69, 9.17) is 9.84 Å². The molecule has 19 heavy (non-hydrogen) atoms. The number of imidazole rings is 1. The normalized spacial score (nSPS) is 10.5. The summed E-state index contributed by atoms with van der Waals surface area (Å²) in [4.78, 5) is 14.5. The van der Waals surface area contributed by atoms with Crippen LogP contribution in [0.15, 0.2) is 24.7 Å². The Hall–Kier alpha value is -2.44. The van der Waals surface area contributed by atoms with Crippen LogP contribution in [-0.2, 0) is 13.7 Å². The van der Waals surface area contributed by atoms with Crippen LogP contribution in [0.1, 0.15) is 16.1 Å². The number of carbonyl (C=O) groups is 1. The second-order valence-electron chi connectivity index (χ2n) is 3.86. The lowest BCUT2D eigenvalue weighted by atomic mass is 10.2. The van der Waals surface area contributed by atoms with E-state index in [9.17, 15) is 13.6 Å². The molecule has 1 N–H and O–H groups in total. The molecule has 0 bridgehead atoms. The van der Waals surface area contributed by atoms with Crippen LogP contribution in [0.25, 0.3) is 0 Å². The van der Waals surface area contributed by atoms with Crippen molar-refractivity contribution < 1.29 is 23.4 Å². The number of benzene rings is 1. The van der Waals surface area contributed by atoms with Gasteiger partial charge in [-0.05, 0) is 12.1 Å². The Balaban J connectivity index is 2.21. The van der Waals surface area contributed by atoms with Gasteiger partial charge in [-0.25, -0.2) is 18.6 Å². The molecule has 0 unspecified atom stereocenters. The van der Waals surface area contributed by atoms with Crippen molar-refractivity contribution in [1.29, 1.82) is 0 Å². The number of carboxylic acid groups (broad SMARTS) is 1. The summed E-state index contributed by atoms with van der Waals surface area (Å²) in [5.41, 5.74) is 0.156. The molecular weight excluding hydrogens is 258 g/mol. The summed E-state index contributed by atoms with van der Waals surface area (Å²) in [6.45, 7) is -0.0727. The maximum absolute atomic E-state index is 13.5. The van der Waals surface area contributed by atoms with Gasteiger partial charge in [-0.15, -0.1) is 0 Å². The first kappa shape index (κ1) is 13.0. The van der Waals surface area contributed by atoms with Gasteiger partial charge >= 0.3 is 5.97 Å². The fraction of sp³-hybridized carbons (Fsp3) is 0.167. The van der Waals surface area contributed by atoms with E-state index in [1.165, 1.54) is 12.5 Å². The predicted molar refractivity (Wildman–Crippen MR) is 60.9 cm³/mol. The summed E-state index contributed by atoms with van der Waals surface area (Å²) >= 11 is 0. The minimum Gasteiger partial charge on any atom is -0.481 e. The Morgan fingerprint density at radius 2 is 2.05 bits per heavy atom. The maximum Gasteiger partial charge on any atom is 0.335 e. The van der Waals surface area contributed by atoms with Crippen LogP contribution in [0.4, 0.5) is 8.78 Å². The number of aromatic nitrogens is 2. The second kappa shape index (κ2) is 5.05. The molecule has 100 valence electrons. The summed E-state index contributed by atoms with van der Waals surface area (Å²) < 4.78 is 33.8. The van der Waals surface area contributed by atoms with E-state index in [0.29, 0.717) is 17.8 Å². The second-order valence-corrected chi connectivity index (χ2v) is 3.86. The van der Waals surface area contributed by atoms with Gasteiger partial charge in [-0.1, -0.05) is 0 Å². The highest BCUT2D eigenvalue weighted by atomic mass is 19.1. The molecule has 2 aromatic rings. The molecule has 1 aromatic heterocycles. The number of hydrogen-bond acceptors (Lipinski definition) is 3. The zero-order chi connectivity index (χ0) is 14.0. The molecule has 0 saturated heterocycles. The molecule has 0 saturated carbocycles. The van der Waals surface area contributed by atoms with Crippen LogP contribution in [0, 0.1) is 11.6 Å². The van der Waals surface area contributed by atoms with Crippen molar-refractivity contribution in [3.8, 4) is 5.75 Å². The van der Waals surface area contributed by atoms with Crippen molar-refractivity contribution in [1.82, 2.24) is 9.55 Å². The minimum atomic E-state index is -1.41. The number of halogens is 2. The maximum atomic E-state index is 13.5. The lowest BCUT2D eigenvalue weighted by molar-refractivity contribution is 0.0695. The Labute approximate surface area is 107 Å². The van der Waals surface area contributed by atoms with Crippen LogP contribution in [0.2, 0.25) is 0 Å². The first-order valence-corrected chi connectivity index (χ1v) is 5.29. The Kier molecular flexibility index (Phi) is 3.46. The number of carboxylic acids is 1. The van der Waals surface area contributed by atoms with E-state index >= 15 is 0 Å². The average molecular weight is 268 g/mol. The standard InChI is InChI=1S/C12H10F2N2O3/c1-16-6-15-4-8(16)5-19-11-9(13)2-7(12(17)18)3-10(11)14/h2-4,6H,5H2,1H3,(H,17,18). The third-order valence-corrected chi connectivity index (χ3v) is 2.53. The Morgan fingerprint density at radius 3 is 2.53 bits per heavy atom. The van der Waals surface area contributed by atoms with E-state index in [-0.39, 0.29) is 6.61 Å². The molecule has 0 spiro atoms. The average Bonchev–Trinajstić information content (AvgIpc) is 2.73. The topological polar surface area (TPSA) is 64.4 Å². The van der Waals surface area contributed by atoms with Gasteiger partial charge in [0.15, 0.2) is 17.4 Å². The third kappa shape index (κ3) is 2.70. The monoisotopic (exact) mass is 268 g/mol. The molecule has 0 amide bonds. The summed E-state index contributed by atoms with van der Waals surface area (Å²) in [5, 5.41) is 8.66. The smallest absolute Gasteiger partial charge is 0.335 e. The summed E-state index contributed by atoms with van der Waals surface area (Å²) in [7, 11) is 1.71. The van der Waals surface area contributed by atoms with Crippen LogP contribution in [-0.4, -0.2) is 20.6 Å².